The van der Waals surface area contributed by atoms with Gasteiger partial charge in [-0.3, -0.25) is 19.2 Å². The van der Waals surface area contributed by atoms with Gasteiger partial charge in [0.2, 0.25) is 6.29 Å². The van der Waals surface area contributed by atoms with Crippen LogP contribution in [0.1, 0.15) is 27.7 Å². The van der Waals surface area contributed by atoms with E-state index in [-0.39, 0.29) is 6.61 Å². The van der Waals surface area contributed by atoms with Crippen LogP contribution in [0.3, 0.4) is 0 Å². The quantitative estimate of drug-likeness (QED) is 0.210. The molecule has 0 amide bonds. The number of ether oxygens (including phenoxy) is 5. The van der Waals surface area contributed by atoms with Gasteiger partial charge in [-0.25, -0.2) is 0 Å². The van der Waals surface area contributed by atoms with Crippen molar-refractivity contribution in [2.24, 2.45) is 5.11 Å². The predicted octanol–water partition coefficient (Wildman–Crippen LogP) is 0.380. The molecule has 0 spiro atoms. The van der Waals surface area contributed by atoms with E-state index in [0.717, 1.165) is 27.7 Å². The maximum absolute atomic E-state index is 11.5. The minimum Gasteiger partial charge on any atom is -0.463 e. The summed E-state index contributed by atoms with van der Waals surface area (Å²) in [7, 11) is 0. The van der Waals surface area contributed by atoms with Gasteiger partial charge >= 0.3 is 23.9 Å². The first-order valence-electron chi connectivity index (χ1n) is 7.50. The third kappa shape index (κ3) is 6.22. The largest absolute Gasteiger partial charge is 0.463 e. The molecule has 0 aromatic carbocycles. The van der Waals surface area contributed by atoms with Crippen LogP contribution in [0, 0.1) is 0 Å². The van der Waals surface area contributed by atoms with Crippen molar-refractivity contribution in [2.45, 2.75) is 58.3 Å². The molecule has 12 nitrogen and oxygen atoms in total. The molecule has 1 aliphatic rings. The van der Waals surface area contributed by atoms with E-state index >= 15 is 0 Å². The van der Waals surface area contributed by atoms with Crippen molar-refractivity contribution in [3.8, 4) is 0 Å². The van der Waals surface area contributed by atoms with Gasteiger partial charge < -0.3 is 23.7 Å². The molecule has 0 aromatic heterocycles. The fourth-order valence-corrected chi connectivity index (χ4v) is 2.33. The molecule has 1 aliphatic heterocycles. The lowest BCUT2D eigenvalue weighted by atomic mass is 9.97. The lowest BCUT2D eigenvalue weighted by molar-refractivity contribution is -0.267. The number of carbonyl (C=O) groups excluding carboxylic acids is 4. The number of carbonyl (C=O) groups is 4. The zero-order valence-corrected chi connectivity index (χ0v) is 14.6. The van der Waals surface area contributed by atoms with Crippen LogP contribution in [0.15, 0.2) is 5.11 Å². The third-order valence-corrected chi connectivity index (χ3v) is 3.14. The maximum atomic E-state index is 11.5. The average molecular weight is 373 g/mol. The van der Waals surface area contributed by atoms with E-state index in [1.807, 2.05) is 0 Å². The van der Waals surface area contributed by atoms with Crippen molar-refractivity contribution in [1.82, 2.24) is 0 Å². The van der Waals surface area contributed by atoms with Crippen LogP contribution in [0.5, 0.6) is 0 Å². The monoisotopic (exact) mass is 373 g/mol. The lowest BCUT2D eigenvalue weighted by Crippen LogP contribution is -2.61. The molecule has 0 bridgehead atoms. The maximum Gasteiger partial charge on any atom is 0.304 e. The highest BCUT2D eigenvalue weighted by Gasteiger charge is 2.51. The molecule has 0 aliphatic carbocycles. The zero-order valence-electron chi connectivity index (χ0n) is 14.6. The smallest absolute Gasteiger partial charge is 0.304 e. The van der Waals surface area contributed by atoms with E-state index in [1.54, 1.807) is 0 Å². The molecule has 1 saturated heterocycles. The Morgan fingerprint density at radius 3 is 1.92 bits per heavy atom. The molecule has 0 aromatic rings. The van der Waals surface area contributed by atoms with Crippen LogP contribution < -0.4 is 0 Å². The second-order valence-corrected chi connectivity index (χ2v) is 5.30. The second-order valence-electron chi connectivity index (χ2n) is 5.30. The highest BCUT2D eigenvalue weighted by molar-refractivity contribution is 5.68. The van der Waals surface area contributed by atoms with Crippen LogP contribution in [-0.4, -0.2) is 61.1 Å². The average Bonchev–Trinajstić information content (AvgIpc) is 2.49. The minimum absolute atomic E-state index is 0.383. The number of esters is 4. The van der Waals surface area contributed by atoms with Gasteiger partial charge in [0.1, 0.15) is 18.8 Å². The van der Waals surface area contributed by atoms with Crippen molar-refractivity contribution in [3.63, 3.8) is 0 Å². The van der Waals surface area contributed by atoms with Gasteiger partial charge in [-0.2, -0.15) is 0 Å². The summed E-state index contributed by atoms with van der Waals surface area (Å²) in [5.74, 6) is -2.90. The molecule has 0 saturated carbocycles. The Kier molecular flexibility index (Phi) is 7.81. The molecule has 1 rings (SSSR count). The van der Waals surface area contributed by atoms with Gasteiger partial charge in [-0.15, -0.1) is 0 Å². The summed E-state index contributed by atoms with van der Waals surface area (Å²) in [5, 5.41) is 3.44. The minimum atomic E-state index is -1.44. The molecule has 144 valence electrons. The summed E-state index contributed by atoms with van der Waals surface area (Å²) in [6, 6.07) is -1.33. The van der Waals surface area contributed by atoms with Crippen LogP contribution >= 0.6 is 0 Å². The molecule has 1 fully saturated rings. The summed E-state index contributed by atoms with van der Waals surface area (Å²) < 4.78 is 25.5. The van der Waals surface area contributed by atoms with Crippen molar-refractivity contribution >= 4 is 23.9 Å². The molecule has 2 unspecified atom stereocenters. The number of azide groups is 1. The fraction of sp³-hybridized carbons (Fsp3) is 0.714. The highest BCUT2D eigenvalue weighted by atomic mass is 16.7. The number of hydrogen-bond donors (Lipinski definition) is 0. The van der Waals surface area contributed by atoms with Crippen LogP contribution in [0.2, 0.25) is 0 Å². The standard InChI is InChI=1S/C14H19N3O9/c1-6(18)22-5-10-12(23-7(2)19)13(24-8(3)20)11(16-17-15)14(26-10)25-9(4)21/h10-14H,5H2,1-4H3/t10?,11-,12-,13?,14+/m1/s1. The molecule has 12 heteroatoms. The Labute approximate surface area is 148 Å². The number of rotatable bonds is 6. The van der Waals surface area contributed by atoms with E-state index < -0.39 is 54.5 Å². The van der Waals surface area contributed by atoms with Gasteiger partial charge in [0.25, 0.3) is 0 Å². The molecule has 5 atom stereocenters. The van der Waals surface area contributed by atoms with E-state index in [4.69, 9.17) is 29.2 Å². The topological polar surface area (TPSA) is 163 Å². The van der Waals surface area contributed by atoms with E-state index in [2.05, 4.69) is 10.0 Å². The molecule has 0 N–H and O–H groups in total. The van der Waals surface area contributed by atoms with Crippen molar-refractivity contribution in [1.29, 1.82) is 0 Å². The second kappa shape index (κ2) is 9.59. The summed E-state index contributed by atoms with van der Waals surface area (Å²) in [6.07, 6.45) is -5.18. The van der Waals surface area contributed by atoms with Crippen LogP contribution in [0.25, 0.3) is 10.4 Å². The fourth-order valence-electron chi connectivity index (χ4n) is 2.33. The Hall–Kier alpha value is -2.85. The third-order valence-electron chi connectivity index (χ3n) is 3.14. The summed E-state index contributed by atoms with van der Waals surface area (Å²) in [6.45, 7) is 4.06. The molecule has 0 radical (unpaired) electrons. The van der Waals surface area contributed by atoms with Crippen LogP contribution in [0.4, 0.5) is 0 Å². The SMILES string of the molecule is CC(=O)OCC1O[C@H](OC(C)=O)[C@H](N=[N+]=[N-])C(OC(C)=O)[C@@H]1OC(C)=O. The van der Waals surface area contributed by atoms with E-state index in [9.17, 15) is 19.2 Å². The van der Waals surface area contributed by atoms with Crippen molar-refractivity contribution in [3.05, 3.63) is 10.4 Å². The van der Waals surface area contributed by atoms with Gasteiger partial charge in [0, 0.05) is 32.6 Å². The highest BCUT2D eigenvalue weighted by Crippen LogP contribution is 2.29. The van der Waals surface area contributed by atoms with E-state index in [1.165, 1.54) is 0 Å². The van der Waals surface area contributed by atoms with Gasteiger partial charge in [-0.05, 0) is 5.53 Å². The Balaban J connectivity index is 3.28. The summed E-state index contributed by atoms with van der Waals surface area (Å²) in [5.41, 5.74) is 8.78. The van der Waals surface area contributed by atoms with Gasteiger partial charge in [-0.1, -0.05) is 5.11 Å². The van der Waals surface area contributed by atoms with Crippen molar-refractivity contribution in [2.75, 3.05) is 6.61 Å². The lowest BCUT2D eigenvalue weighted by Gasteiger charge is -2.42. The molecule has 1 heterocycles. The first kappa shape index (κ1) is 21.2. The zero-order chi connectivity index (χ0) is 19.9. The van der Waals surface area contributed by atoms with Crippen molar-refractivity contribution < 1.29 is 42.9 Å². The Morgan fingerprint density at radius 1 is 0.923 bits per heavy atom. The van der Waals surface area contributed by atoms with Gasteiger partial charge in [0.15, 0.2) is 12.2 Å². The predicted molar refractivity (Wildman–Crippen MR) is 81.1 cm³/mol. The molecule has 26 heavy (non-hydrogen) atoms. The summed E-state index contributed by atoms with van der Waals surface area (Å²) in [4.78, 5) is 47.9. The Bertz CT molecular complexity index is 617. The first-order valence-corrected chi connectivity index (χ1v) is 7.50. The van der Waals surface area contributed by atoms with Gasteiger partial charge in [0.05, 0.1) is 0 Å². The molecular weight excluding hydrogens is 354 g/mol. The number of nitrogens with zero attached hydrogens (tertiary/aromatic N) is 3. The Morgan fingerprint density at radius 2 is 1.46 bits per heavy atom. The molecular formula is C14H19N3O9. The normalized spacial score (nSPS) is 27.5. The van der Waals surface area contributed by atoms with Crippen LogP contribution in [-0.2, 0) is 42.9 Å². The first-order chi connectivity index (χ1) is 12.1. The van der Waals surface area contributed by atoms with E-state index in [0.29, 0.717) is 0 Å². The summed E-state index contributed by atoms with van der Waals surface area (Å²) >= 11 is 0. The number of hydrogen-bond acceptors (Lipinski definition) is 10.